The van der Waals surface area contributed by atoms with Gasteiger partial charge in [-0.15, -0.1) is 0 Å². The molecule has 1 saturated carbocycles. The van der Waals surface area contributed by atoms with E-state index in [-0.39, 0.29) is 23.3 Å². The van der Waals surface area contributed by atoms with Gasteiger partial charge in [0.2, 0.25) is 5.91 Å². The maximum Gasteiger partial charge on any atom is 0.344 e. The lowest BCUT2D eigenvalue weighted by atomic mass is 10.0. The summed E-state index contributed by atoms with van der Waals surface area (Å²) in [6.45, 7) is 4.34. The summed E-state index contributed by atoms with van der Waals surface area (Å²) < 4.78 is 0. The number of carbonyl (C=O) groups is 3. The first kappa shape index (κ1) is 14.1. The third-order valence-electron chi connectivity index (χ3n) is 4.79. The molecule has 4 amide bonds. The maximum atomic E-state index is 12.1. The topological polar surface area (TPSA) is 102 Å². The van der Waals surface area contributed by atoms with Gasteiger partial charge in [-0.25, -0.2) is 9.86 Å². The van der Waals surface area contributed by atoms with Gasteiger partial charge >= 0.3 is 6.03 Å². The number of hydrazine groups is 1. The average Bonchev–Trinajstić information content (AvgIpc) is 3.05. The summed E-state index contributed by atoms with van der Waals surface area (Å²) >= 11 is 0. The minimum absolute atomic E-state index is 0.00478. The molecule has 0 aromatic rings. The Hall–Kier alpha value is -1.83. The molecule has 116 valence electrons. The predicted molar refractivity (Wildman–Crippen MR) is 70.7 cm³/mol. The van der Waals surface area contributed by atoms with Crippen molar-refractivity contribution in [3.63, 3.8) is 0 Å². The molecule has 3 fully saturated rings. The van der Waals surface area contributed by atoms with Gasteiger partial charge in [-0.1, -0.05) is 13.8 Å². The number of carbonyl (C=O) groups excluding carboxylic acids is 3. The number of hydrogen-bond acceptors (Lipinski definition) is 4. The van der Waals surface area contributed by atoms with Crippen LogP contribution >= 0.6 is 0 Å². The van der Waals surface area contributed by atoms with E-state index in [1.165, 1.54) is 4.90 Å². The molecule has 21 heavy (non-hydrogen) atoms. The molecule has 2 saturated heterocycles. The first-order valence-electron chi connectivity index (χ1n) is 7.19. The van der Waals surface area contributed by atoms with Gasteiger partial charge in [0.1, 0.15) is 6.04 Å². The first-order valence-corrected chi connectivity index (χ1v) is 7.19. The van der Waals surface area contributed by atoms with Crippen LogP contribution in [0.3, 0.4) is 0 Å². The van der Waals surface area contributed by atoms with Crippen LogP contribution in [0.25, 0.3) is 0 Å². The molecule has 0 spiro atoms. The van der Waals surface area contributed by atoms with E-state index in [9.17, 15) is 19.6 Å². The van der Waals surface area contributed by atoms with Crippen molar-refractivity contribution in [2.75, 3.05) is 6.54 Å². The number of piperidine rings is 1. The Balaban J connectivity index is 1.54. The van der Waals surface area contributed by atoms with Crippen molar-refractivity contribution in [2.45, 2.75) is 45.2 Å². The molecular formula is C13H20N4O4. The molecule has 3 N–H and O–H groups in total. The summed E-state index contributed by atoms with van der Waals surface area (Å²) in [5, 5.41) is 10.3. The number of rotatable bonds is 2. The zero-order chi connectivity index (χ0) is 15.4. The normalized spacial score (nSPS) is 32.9. The zero-order valence-electron chi connectivity index (χ0n) is 12.1. The molecule has 2 heterocycles. The zero-order valence-corrected chi connectivity index (χ0v) is 12.1. The number of nitrogens with zero attached hydrogens (tertiary/aromatic N) is 2. The molecule has 8 nitrogen and oxygen atoms in total. The van der Waals surface area contributed by atoms with E-state index in [2.05, 4.69) is 10.9 Å². The van der Waals surface area contributed by atoms with Crippen molar-refractivity contribution in [2.24, 2.45) is 11.3 Å². The van der Waals surface area contributed by atoms with Crippen molar-refractivity contribution in [1.29, 1.82) is 0 Å². The van der Waals surface area contributed by atoms with Gasteiger partial charge in [0, 0.05) is 12.5 Å². The molecule has 3 rings (SSSR count). The van der Waals surface area contributed by atoms with Gasteiger partial charge in [-0.3, -0.25) is 25.6 Å². The maximum absolute atomic E-state index is 12.1. The molecular weight excluding hydrogens is 276 g/mol. The van der Waals surface area contributed by atoms with Crippen LogP contribution in [-0.4, -0.2) is 51.6 Å². The van der Waals surface area contributed by atoms with Gasteiger partial charge in [-0.05, 0) is 24.7 Å². The summed E-state index contributed by atoms with van der Waals surface area (Å²) in [7, 11) is 0. The van der Waals surface area contributed by atoms with Gasteiger partial charge in [-0.2, -0.15) is 0 Å². The highest BCUT2D eigenvalue weighted by Gasteiger charge is 2.51. The second-order valence-corrected chi connectivity index (χ2v) is 6.75. The van der Waals surface area contributed by atoms with Crippen LogP contribution in [0.4, 0.5) is 4.79 Å². The lowest BCUT2D eigenvalue weighted by molar-refractivity contribution is -0.132. The van der Waals surface area contributed by atoms with E-state index >= 15 is 0 Å². The van der Waals surface area contributed by atoms with Gasteiger partial charge in [0.05, 0.1) is 6.04 Å². The van der Waals surface area contributed by atoms with Gasteiger partial charge in [0.15, 0.2) is 0 Å². The molecule has 0 radical (unpaired) electrons. The molecule has 1 aliphatic carbocycles. The molecule has 3 atom stereocenters. The van der Waals surface area contributed by atoms with Crippen LogP contribution in [0.5, 0.6) is 0 Å². The molecule has 0 aromatic carbocycles. The van der Waals surface area contributed by atoms with Gasteiger partial charge < -0.3 is 4.90 Å². The summed E-state index contributed by atoms with van der Waals surface area (Å²) in [6, 6.07) is -1.42. The third kappa shape index (κ3) is 2.33. The fourth-order valence-electron chi connectivity index (χ4n) is 3.13. The Morgan fingerprint density at radius 3 is 2.48 bits per heavy atom. The largest absolute Gasteiger partial charge is 0.344 e. The SMILES string of the molecule is CC1(C)CC1C(=O)NNC(=O)C1CCC2CN1C(=O)N2O. The first-order chi connectivity index (χ1) is 9.81. The van der Waals surface area contributed by atoms with Crippen LogP contribution in [0, 0.1) is 11.3 Å². The predicted octanol–water partition coefficient (Wildman–Crippen LogP) is -0.162. The number of nitrogens with one attached hydrogen (secondary N) is 2. The van der Waals surface area contributed by atoms with E-state index in [0.29, 0.717) is 24.4 Å². The summed E-state index contributed by atoms with van der Waals surface area (Å²) in [5.41, 5.74) is 4.82. The van der Waals surface area contributed by atoms with Crippen LogP contribution in [0.15, 0.2) is 0 Å². The van der Waals surface area contributed by atoms with Crippen LogP contribution < -0.4 is 10.9 Å². The Labute approximate surface area is 122 Å². The van der Waals surface area contributed by atoms with Crippen LogP contribution in [0.1, 0.15) is 33.1 Å². The minimum Gasteiger partial charge on any atom is -0.309 e. The van der Waals surface area contributed by atoms with E-state index in [1.54, 1.807) is 0 Å². The molecule has 8 heteroatoms. The van der Waals surface area contributed by atoms with Crippen molar-refractivity contribution in [3.05, 3.63) is 0 Å². The monoisotopic (exact) mass is 296 g/mol. The molecule has 2 bridgehead atoms. The Kier molecular flexibility index (Phi) is 3.09. The quantitative estimate of drug-likeness (QED) is 0.486. The second kappa shape index (κ2) is 4.59. The van der Waals surface area contributed by atoms with Crippen LogP contribution in [-0.2, 0) is 9.59 Å². The van der Waals surface area contributed by atoms with Gasteiger partial charge in [0.25, 0.3) is 5.91 Å². The number of amides is 4. The number of hydroxylamine groups is 2. The molecule has 2 aliphatic heterocycles. The number of hydrogen-bond donors (Lipinski definition) is 3. The number of urea groups is 1. The van der Waals surface area contributed by atoms with Crippen molar-refractivity contribution < 1.29 is 19.6 Å². The highest BCUT2D eigenvalue weighted by atomic mass is 16.5. The lowest BCUT2D eigenvalue weighted by Gasteiger charge is -2.29. The minimum atomic E-state index is -0.640. The molecule has 3 unspecified atom stereocenters. The molecule has 3 aliphatic rings. The third-order valence-corrected chi connectivity index (χ3v) is 4.79. The smallest absolute Gasteiger partial charge is 0.309 e. The van der Waals surface area contributed by atoms with Crippen molar-refractivity contribution in [3.8, 4) is 0 Å². The fraction of sp³-hybridized carbons (Fsp3) is 0.769. The Bertz CT molecular complexity index is 506. The van der Waals surface area contributed by atoms with E-state index in [4.69, 9.17) is 0 Å². The Morgan fingerprint density at radius 1 is 1.24 bits per heavy atom. The Morgan fingerprint density at radius 2 is 1.86 bits per heavy atom. The van der Waals surface area contributed by atoms with E-state index in [0.717, 1.165) is 6.42 Å². The summed E-state index contributed by atoms with van der Waals surface area (Å²) in [6.07, 6.45) is 1.86. The second-order valence-electron chi connectivity index (χ2n) is 6.75. The summed E-state index contributed by atoms with van der Waals surface area (Å²) in [5.74, 6) is -0.683. The van der Waals surface area contributed by atoms with Crippen molar-refractivity contribution >= 4 is 17.8 Å². The fourth-order valence-corrected chi connectivity index (χ4v) is 3.13. The number of fused-ring (bicyclic) bond motifs is 2. The molecule has 0 aromatic heterocycles. The average molecular weight is 296 g/mol. The van der Waals surface area contributed by atoms with E-state index < -0.39 is 18.0 Å². The van der Waals surface area contributed by atoms with Crippen LogP contribution in [0.2, 0.25) is 0 Å². The highest BCUT2D eigenvalue weighted by molar-refractivity contribution is 5.90. The highest BCUT2D eigenvalue weighted by Crippen LogP contribution is 2.51. The lowest BCUT2D eigenvalue weighted by Crippen LogP contribution is -2.54. The standard InChI is InChI=1S/C13H20N4O4/c1-13(2)5-8(13)10(18)14-15-11(19)9-4-3-7-6-16(9)12(20)17(7)21/h7-9,21H,3-6H2,1-2H3,(H,14,18)(H,15,19). The van der Waals surface area contributed by atoms with Crippen molar-refractivity contribution in [1.82, 2.24) is 20.8 Å². The van der Waals surface area contributed by atoms with E-state index in [1.807, 2.05) is 13.8 Å². The summed E-state index contributed by atoms with van der Waals surface area (Å²) in [4.78, 5) is 37.1.